The average Bonchev–Trinajstić information content (AvgIpc) is 2.34. The molecule has 94 valence electrons. The van der Waals surface area contributed by atoms with Crippen molar-refractivity contribution in [3.63, 3.8) is 0 Å². The van der Waals surface area contributed by atoms with Crippen molar-refractivity contribution in [3.8, 4) is 0 Å². The van der Waals surface area contributed by atoms with Crippen LogP contribution in [0.4, 0.5) is 0 Å². The number of aromatic nitrogens is 2. The molecule has 1 heterocycles. The van der Waals surface area contributed by atoms with Crippen molar-refractivity contribution in [2.75, 3.05) is 0 Å². The highest BCUT2D eigenvalue weighted by atomic mass is 16.3. The van der Waals surface area contributed by atoms with Gasteiger partial charge >= 0.3 is 5.69 Å². The van der Waals surface area contributed by atoms with Crippen molar-refractivity contribution in [1.82, 2.24) is 9.55 Å². The summed E-state index contributed by atoms with van der Waals surface area (Å²) in [6.45, 7) is 4.25. The van der Waals surface area contributed by atoms with Crippen molar-refractivity contribution in [2.45, 2.75) is 27.0 Å². The second kappa shape index (κ2) is 5.14. The minimum Gasteiger partial charge on any atom is -0.392 e. The monoisotopic (exact) mass is 244 g/mol. The molecule has 18 heavy (non-hydrogen) atoms. The lowest BCUT2D eigenvalue weighted by Gasteiger charge is -2.10. The third kappa shape index (κ3) is 2.65. The number of rotatable bonds is 3. The highest BCUT2D eigenvalue weighted by Crippen LogP contribution is 2.07. The van der Waals surface area contributed by atoms with E-state index in [1.54, 1.807) is 4.57 Å². The molecule has 0 radical (unpaired) electrons. The van der Waals surface area contributed by atoms with Gasteiger partial charge in [-0.1, -0.05) is 24.3 Å². The van der Waals surface area contributed by atoms with Crippen molar-refractivity contribution >= 4 is 0 Å². The Labute approximate surface area is 106 Å². The number of aliphatic hydroxyl groups is 1. The molecular formula is C14H16N2O2. The van der Waals surface area contributed by atoms with Crippen LogP contribution in [0.3, 0.4) is 0 Å². The van der Waals surface area contributed by atoms with Crippen LogP contribution in [-0.2, 0) is 13.2 Å². The van der Waals surface area contributed by atoms with Gasteiger partial charge in [-0.05, 0) is 31.0 Å². The lowest BCUT2D eigenvalue weighted by atomic mass is 10.1. The quantitative estimate of drug-likeness (QED) is 0.888. The summed E-state index contributed by atoms with van der Waals surface area (Å²) in [6, 6.07) is 9.44. The summed E-state index contributed by atoms with van der Waals surface area (Å²) in [5.74, 6) is 0. The second-order valence-corrected chi connectivity index (χ2v) is 4.38. The van der Waals surface area contributed by atoms with Gasteiger partial charge in [-0.15, -0.1) is 0 Å². The van der Waals surface area contributed by atoms with E-state index < -0.39 is 0 Å². The maximum Gasteiger partial charge on any atom is 0.348 e. The molecule has 0 amide bonds. The minimum absolute atomic E-state index is 0.0331. The van der Waals surface area contributed by atoms with Gasteiger partial charge in [-0.2, -0.15) is 4.98 Å². The van der Waals surface area contributed by atoms with E-state index in [0.717, 1.165) is 22.5 Å². The fraction of sp³-hybridized carbons (Fsp3) is 0.286. The van der Waals surface area contributed by atoms with Crippen LogP contribution in [0.2, 0.25) is 0 Å². The Balaban J connectivity index is 2.31. The van der Waals surface area contributed by atoms with Gasteiger partial charge in [-0.25, -0.2) is 4.79 Å². The van der Waals surface area contributed by atoms with Gasteiger partial charge in [0.25, 0.3) is 0 Å². The first-order valence-electron chi connectivity index (χ1n) is 5.84. The summed E-state index contributed by atoms with van der Waals surface area (Å²) >= 11 is 0. The normalized spacial score (nSPS) is 10.6. The molecule has 2 rings (SSSR count). The van der Waals surface area contributed by atoms with Gasteiger partial charge in [0.05, 0.1) is 13.2 Å². The fourth-order valence-electron chi connectivity index (χ4n) is 1.90. The number of nitrogens with zero attached hydrogens (tertiary/aromatic N) is 2. The van der Waals surface area contributed by atoms with E-state index in [-0.39, 0.29) is 12.3 Å². The Kier molecular flexibility index (Phi) is 3.58. The number of hydrogen-bond donors (Lipinski definition) is 1. The first-order valence-corrected chi connectivity index (χ1v) is 5.84. The zero-order valence-electron chi connectivity index (χ0n) is 10.6. The average molecular weight is 244 g/mol. The van der Waals surface area contributed by atoms with E-state index in [1.165, 1.54) is 0 Å². The Bertz CT molecular complexity index is 600. The Morgan fingerprint density at radius 2 is 1.78 bits per heavy atom. The zero-order valence-corrected chi connectivity index (χ0v) is 10.6. The van der Waals surface area contributed by atoms with E-state index in [9.17, 15) is 4.79 Å². The summed E-state index contributed by atoms with van der Waals surface area (Å²) in [5.41, 5.74) is 3.30. The van der Waals surface area contributed by atoms with Crippen LogP contribution < -0.4 is 5.69 Å². The molecule has 2 aromatic rings. The number of hydrogen-bond acceptors (Lipinski definition) is 3. The van der Waals surface area contributed by atoms with Crippen LogP contribution >= 0.6 is 0 Å². The topological polar surface area (TPSA) is 55.1 Å². The molecular weight excluding hydrogens is 228 g/mol. The molecule has 0 unspecified atom stereocenters. The van der Waals surface area contributed by atoms with Gasteiger partial charge in [0, 0.05) is 11.4 Å². The molecule has 0 spiro atoms. The van der Waals surface area contributed by atoms with Crippen LogP contribution in [0.1, 0.15) is 22.5 Å². The first-order chi connectivity index (χ1) is 8.60. The first kappa shape index (κ1) is 12.5. The van der Waals surface area contributed by atoms with Crippen LogP contribution in [-0.4, -0.2) is 14.7 Å². The van der Waals surface area contributed by atoms with Crippen LogP contribution in [0.5, 0.6) is 0 Å². The SMILES string of the molecule is Cc1cc(C)n(Cc2ccc(CO)cc2)c(=O)n1. The number of aliphatic hydroxyl groups excluding tert-OH is 1. The maximum atomic E-state index is 11.8. The molecule has 0 fully saturated rings. The Morgan fingerprint density at radius 3 is 2.33 bits per heavy atom. The van der Waals surface area contributed by atoms with Crippen LogP contribution in [0.15, 0.2) is 35.1 Å². The predicted octanol–water partition coefficient (Wildman–Crippen LogP) is 1.40. The highest BCUT2D eigenvalue weighted by Gasteiger charge is 2.03. The summed E-state index contributed by atoms with van der Waals surface area (Å²) in [5, 5.41) is 8.97. The smallest absolute Gasteiger partial charge is 0.348 e. The van der Waals surface area contributed by atoms with E-state index >= 15 is 0 Å². The third-order valence-electron chi connectivity index (χ3n) is 2.89. The van der Waals surface area contributed by atoms with Crippen molar-refractivity contribution < 1.29 is 5.11 Å². The summed E-state index contributed by atoms with van der Waals surface area (Å²) in [7, 11) is 0. The second-order valence-electron chi connectivity index (χ2n) is 4.38. The molecule has 1 aromatic carbocycles. The van der Waals surface area contributed by atoms with E-state index in [1.807, 2.05) is 44.2 Å². The largest absolute Gasteiger partial charge is 0.392 e. The fourth-order valence-corrected chi connectivity index (χ4v) is 1.90. The molecule has 0 aliphatic rings. The molecule has 4 heteroatoms. The number of aryl methyl sites for hydroxylation is 2. The summed E-state index contributed by atoms with van der Waals surface area (Å²) < 4.78 is 1.64. The van der Waals surface area contributed by atoms with E-state index in [4.69, 9.17) is 5.11 Å². The van der Waals surface area contributed by atoms with Gasteiger partial charge in [0.2, 0.25) is 0 Å². The standard InChI is InChI=1S/C14H16N2O2/c1-10-7-11(2)16(14(18)15-10)8-12-3-5-13(9-17)6-4-12/h3-7,17H,8-9H2,1-2H3. The molecule has 0 aliphatic heterocycles. The lowest BCUT2D eigenvalue weighted by molar-refractivity contribution is 0.282. The molecule has 0 atom stereocenters. The highest BCUT2D eigenvalue weighted by molar-refractivity contribution is 5.22. The van der Waals surface area contributed by atoms with Crippen molar-refractivity contribution in [2.24, 2.45) is 0 Å². The van der Waals surface area contributed by atoms with Gasteiger partial charge in [0.1, 0.15) is 0 Å². The number of benzene rings is 1. The molecule has 1 aromatic heterocycles. The maximum absolute atomic E-state index is 11.8. The molecule has 1 N–H and O–H groups in total. The molecule has 0 saturated carbocycles. The van der Waals surface area contributed by atoms with E-state index in [2.05, 4.69) is 4.98 Å². The van der Waals surface area contributed by atoms with Crippen LogP contribution in [0.25, 0.3) is 0 Å². The molecule has 0 aliphatic carbocycles. The molecule has 0 bridgehead atoms. The van der Waals surface area contributed by atoms with Crippen LogP contribution in [0, 0.1) is 13.8 Å². The predicted molar refractivity (Wildman–Crippen MR) is 69.4 cm³/mol. The third-order valence-corrected chi connectivity index (χ3v) is 2.89. The summed E-state index contributed by atoms with van der Waals surface area (Å²) in [4.78, 5) is 15.7. The Morgan fingerprint density at radius 1 is 1.17 bits per heavy atom. The van der Waals surface area contributed by atoms with Crippen molar-refractivity contribution in [1.29, 1.82) is 0 Å². The Hall–Kier alpha value is -1.94. The van der Waals surface area contributed by atoms with Gasteiger partial charge < -0.3 is 5.11 Å². The zero-order chi connectivity index (χ0) is 13.1. The van der Waals surface area contributed by atoms with Gasteiger partial charge in [0.15, 0.2) is 0 Å². The molecule has 0 saturated heterocycles. The van der Waals surface area contributed by atoms with E-state index in [0.29, 0.717) is 6.54 Å². The minimum atomic E-state index is -0.223. The van der Waals surface area contributed by atoms with Gasteiger partial charge in [-0.3, -0.25) is 4.57 Å². The summed E-state index contributed by atoms with van der Waals surface area (Å²) in [6.07, 6.45) is 0. The lowest BCUT2D eigenvalue weighted by Crippen LogP contribution is -2.26. The van der Waals surface area contributed by atoms with Crippen molar-refractivity contribution in [3.05, 3.63) is 63.3 Å². The molecule has 4 nitrogen and oxygen atoms in total.